The van der Waals surface area contributed by atoms with E-state index in [2.05, 4.69) is 187 Å². The molecule has 5 heteroatoms. The van der Waals surface area contributed by atoms with Crippen molar-refractivity contribution < 1.29 is 0 Å². The first-order valence-electron chi connectivity index (χ1n) is 17.6. The second kappa shape index (κ2) is 11.9. The molecular weight excluding hydrogens is 635 g/mol. The lowest BCUT2D eigenvalue weighted by Crippen LogP contribution is -2.06. The van der Waals surface area contributed by atoms with E-state index in [9.17, 15) is 0 Å². The van der Waals surface area contributed by atoms with E-state index in [0.29, 0.717) is 17.6 Å². The lowest BCUT2D eigenvalue weighted by Gasteiger charge is -2.12. The third-order valence-electron chi connectivity index (χ3n) is 10.1. The van der Waals surface area contributed by atoms with Crippen molar-refractivity contribution in [2.45, 2.75) is 13.8 Å². The Kier molecular flexibility index (Phi) is 6.86. The molecule has 0 amide bonds. The normalized spacial score (nSPS) is 11.7. The molecule has 0 radical (unpaired) electrons. The maximum absolute atomic E-state index is 5.17. The second-order valence-corrected chi connectivity index (χ2v) is 13.5. The quantitative estimate of drug-likeness (QED) is 0.184. The number of rotatable bonds is 5. The third-order valence-corrected chi connectivity index (χ3v) is 10.1. The van der Waals surface area contributed by atoms with Crippen LogP contribution in [0.3, 0.4) is 0 Å². The molecule has 5 nitrogen and oxygen atoms in total. The van der Waals surface area contributed by atoms with Crippen molar-refractivity contribution in [3.8, 4) is 45.5 Å². The highest BCUT2D eigenvalue weighted by atomic mass is 15.2. The molecule has 0 unspecified atom stereocenters. The molecule has 3 aromatic heterocycles. The maximum atomic E-state index is 5.17. The fourth-order valence-electron chi connectivity index (χ4n) is 7.50. The van der Waals surface area contributed by atoms with Crippen LogP contribution in [0.5, 0.6) is 0 Å². The van der Waals surface area contributed by atoms with Gasteiger partial charge in [0.05, 0.1) is 22.1 Å². The van der Waals surface area contributed by atoms with Crippen molar-refractivity contribution in [1.82, 2.24) is 24.1 Å². The van der Waals surface area contributed by atoms with E-state index in [1.807, 2.05) is 0 Å². The molecule has 0 spiro atoms. The van der Waals surface area contributed by atoms with Crippen LogP contribution >= 0.6 is 0 Å². The summed E-state index contributed by atoms with van der Waals surface area (Å²) < 4.78 is 4.55. The Hall–Kier alpha value is -6.85. The zero-order valence-electron chi connectivity index (χ0n) is 28.8. The van der Waals surface area contributed by atoms with Gasteiger partial charge in [-0.05, 0) is 67.4 Å². The molecule has 0 fully saturated rings. The van der Waals surface area contributed by atoms with Gasteiger partial charge in [0, 0.05) is 38.4 Å². The molecule has 7 aromatic carbocycles. The zero-order chi connectivity index (χ0) is 34.8. The molecule has 0 aliphatic rings. The van der Waals surface area contributed by atoms with Gasteiger partial charge in [-0.3, -0.25) is 4.57 Å². The van der Waals surface area contributed by atoms with E-state index in [1.165, 1.54) is 32.9 Å². The van der Waals surface area contributed by atoms with E-state index >= 15 is 0 Å². The minimum Gasteiger partial charge on any atom is -0.309 e. The van der Waals surface area contributed by atoms with Crippen molar-refractivity contribution in [2.75, 3.05) is 0 Å². The summed E-state index contributed by atoms with van der Waals surface area (Å²) in [5.74, 6) is 1.87. The Morgan fingerprint density at radius 3 is 1.48 bits per heavy atom. The Morgan fingerprint density at radius 2 is 0.827 bits per heavy atom. The van der Waals surface area contributed by atoms with Crippen LogP contribution in [-0.4, -0.2) is 24.1 Å². The van der Waals surface area contributed by atoms with Gasteiger partial charge in [-0.15, -0.1) is 0 Å². The van der Waals surface area contributed by atoms with Crippen LogP contribution in [0.15, 0.2) is 164 Å². The molecule has 0 aliphatic carbocycles. The highest BCUT2D eigenvalue weighted by Crippen LogP contribution is 2.38. The van der Waals surface area contributed by atoms with Crippen LogP contribution in [-0.2, 0) is 0 Å². The molecule has 10 aromatic rings. The number of fused-ring (bicyclic) bond motifs is 6. The van der Waals surface area contributed by atoms with Gasteiger partial charge in [-0.25, -0.2) is 4.98 Å². The summed E-state index contributed by atoms with van der Waals surface area (Å²) in [7, 11) is 0. The first kappa shape index (κ1) is 30.0. The SMILES string of the molecule is Cc1ccc(-c2nc(-c3ccc(C)cc3)nc(-n3c4ccccc4c4ccc(-c5ccc6c(c5)c5ccccc5n6-c5ccccc5)cc43)n2)cc1. The topological polar surface area (TPSA) is 48.5 Å². The van der Waals surface area contributed by atoms with Gasteiger partial charge in [0.2, 0.25) is 5.95 Å². The summed E-state index contributed by atoms with van der Waals surface area (Å²) in [6.45, 7) is 4.18. The standard InChI is InChI=1S/C47H33N5/c1-30-16-20-32(21-17-30)45-48-46(33-22-18-31(2)19-23-33)50-47(49-45)52-42-15-9-6-12-37(42)39-26-24-35(29-44(39)52)34-25-27-43-40(28-34)38-13-7-8-14-41(38)51(43)36-10-4-3-5-11-36/h3-29H,1-2H3. The van der Waals surface area contributed by atoms with Crippen molar-refractivity contribution in [3.63, 3.8) is 0 Å². The number of aryl methyl sites for hydroxylation is 2. The molecule has 3 heterocycles. The van der Waals surface area contributed by atoms with Gasteiger partial charge in [0.1, 0.15) is 0 Å². The number of para-hydroxylation sites is 3. The molecule has 246 valence electrons. The molecule has 0 atom stereocenters. The minimum absolute atomic E-state index is 0.589. The Labute approximate surface area is 301 Å². The Balaban J connectivity index is 1.20. The lowest BCUT2D eigenvalue weighted by molar-refractivity contribution is 0.953. The molecule has 0 aliphatic heterocycles. The van der Waals surface area contributed by atoms with Crippen LogP contribution in [0.1, 0.15) is 11.1 Å². The van der Waals surface area contributed by atoms with Gasteiger partial charge in [0.25, 0.3) is 0 Å². The fourth-order valence-corrected chi connectivity index (χ4v) is 7.50. The number of hydrogen-bond acceptors (Lipinski definition) is 3. The van der Waals surface area contributed by atoms with E-state index in [1.54, 1.807) is 0 Å². The monoisotopic (exact) mass is 667 g/mol. The molecule has 0 saturated carbocycles. The number of benzene rings is 7. The number of nitrogens with zero attached hydrogens (tertiary/aromatic N) is 5. The number of hydrogen-bond donors (Lipinski definition) is 0. The van der Waals surface area contributed by atoms with E-state index in [4.69, 9.17) is 15.0 Å². The molecule has 0 saturated heterocycles. The summed E-state index contributed by atoms with van der Waals surface area (Å²) in [5.41, 5.74) is 12.2. The smallest absolute Gasteiger partial charge is 0.238 e. The van der Waals surface area contributed by atoms with Crippen LogP contribution in [0.25, 0.3) is 89.2 Å². The predicted molar refractivity (Wildman–Crippen MR) is 214 cm³/mol. The highest BCUT2D eigenvalue weighted by Gasteiger charge is 2.19. The van der Waals surface area contributed by atoms with Gasteiger partial charge in [-0.2, -0.15) is 9.97 Å². The van der Waals surface area contributed by atoms with Gasteiger partial charge in [-0.1, -0.05) is 132 Å². The largest absolute Gasteiger partial charge is 0.309 e. The predicted octanol–water partition coefficient (Wildman–Crippen LogP) is 11.7. The highest BCUT2D eigenvalue weighted by molar-refractivity contribution is 6.12. The second-order valence-electron chi connectivity index (χ2n) is 13.5. The van der Waals surface area contributed by atoms with Crippen molar-refractivity contribution in [1.29, 1.82) is 0 Å². The molecule has 0 bridgehead atoms. The first-order valence-corrected chi connectivity index (χ1v) is 17.6. The van der Waals surface area contributed by atoms with E-state index in [-0.39, 0.29) is 0 Å². The van der Waals surface area contributed by atoms with Crippen LogP contribution < -0.4 is 0 Å². The summed E-state index contributed by atoms with van der Waals surface area (Å²) in [5, 5.41) is 4.76. The van der Waals surface area contributed by atoms with E-state index < -0.39 is 0 Å². The summed E-state index contributed by atoms with van der Waals surface area (Å²) in [4.78, 5) is 15.3. The van der Waals surface area contributed by atoms with Gasteiger partial charge >= 0.3 is 0 Å². The average molecular weight is 668 g/mol. The molecule has 0 N–H and O–H groups in total. The lowest BCUT2D eigenvalue weighted by atomic mass is 10.0. The van der Waals surface area contributed by atoms with Crippen LogP contribution in [0, 0.1) is 13.8 Å². The average Bonchev–Trinajstić information content (AvgIpc) is 3.71. The minimum atomic E-state index is 0.589. The Bertz CT molecular complexity index is 2890. The van der Waals surface area contributed by atoms with Crippen LogP contribution in [0.2, 0.25) is 0 Å². The van der Waals surface area contributed by atoms with E-state index in [0.717, 1.165) is 49.7 Å². The van der Waals surface area contributed by atoms with Gasteiger partial charge < -0.3 is 4.57 Å². The number of aromatic nitrogens is 5. The van der Waals surface area contributed by atoms with Crippen molar-refractivity contribution in [2.24, 2.45) is 0 Å². The first-order chi connectivity index (χ1) is 25.6. The summed E-state index contributed by atoms with van der Waals surface area (Å²) >= 11 is 0. The third kappa shape index (κ3) is 4.89. The fraction of sp³-hybridized carbons (Fsp3) is 0.0426. The van der Waals surface area contributed by atoms with Crippen LogP contribution in [0.4, 0.5) is 0 Å². The van der Waals surface area contributed by atoms with Crippen molar-refractivity contribution >= 4 is 43.6 Å². The molecule has 10 rings (SSSR count). The molecular formula is C47H33N5. The Morgan fingerprint density at radius 1 is 0.346 bits per heavy atom. The van der Waals surface area contributed by atoms with Gasteiger partial charge in [0.15, 0.2) is 11.6 Å². The van der Waals surface area contributed by atoms with Crippen molar-refractivity contribution in [3.05, 3.63) is 175 Å². The molecule has 52 heavy (non-hydrogen) atoms. The summed E-state index contributed by atoms with van der Waals surface area (Å²) in [6, 6.07) is 58.1. The zero-order valence-corrected chi connectivity index (χ0v) is 28.8. The summed E-state index contributed by atoms with van der Waals surface area (Å²) in [6.07, 6.45) is 0. The maximum Gasteiger partial charge on any atom is 0.238 e.